The Hall–Kier alpha value is -0.280. The quantitative estimate of drug-likeness (QED) is 0.239. The molecule has 0 unspecified atom stereocenters. The average Bonchev–Trinajstić information content (AvgIpc) is 3.26. The molecule has 0 saturated heterocycles. The molecule has 4 aromatic carbocycles. The summed E-state index contributed by atoms with van der Waals surface area (Å²) in [6.45, 7) is 8.86. The maximum Gasteiger partial charge on any atom is 4.00 e. The van der Waals surface area contributed by atoms with Crippen LogP contribution in [0.2, 0.25) is 13.1 Å². The summed E-state index contributed by atoms with van der Waals surface area (Å²) in [7, 11) is 0.750. The first-order valence-electron chi connectivity index (χ1n) is 10.2. The summed E-state index contributed by atoms with van der Waals surface area (Å²) in [5.41, 5.74) is 2.94. The molecule has 0 fully saturated rings. The van der Waals surface area contributed by atoms with Crippen LogP contribution in [-0.2, 0) is 39.0 Å². The summed E-state index contributed by atoms with van der Waals surface area (Å²) in [4.78, 5) is 0. The van der Waals surface area contributed by atoms with Gasteiger partial charge in [-0.15, -0.1) is 81.2 Å². The first-order valence-corrected chi connectivity index (χ1v) is 12.5. The Labute approximate surface area is 226 Å². The van der Waals surface area contributed by atoms with Crippen molar-refractivity contribution >= 4 is 31.1 Å². The van der Waals surface area contributed by atoms with E-state index in [2.05, 4.69) is 99.7 Å². The minimum atomic E-state index is 0. The second-order valence-electron chi connectivity index (χ2n) is 7.06. The number of aryl methyl sites for hydroxylation is 2. The molecule has 0 spiro atoms. The maximum atomic E-state index is 2.29. The van der Waals surface area contributed by atoms with Crippen molar-refractivity contribution in [3.63, 3.8) is 0 Å². The Bertz CT molecular complexity index is 785. The van der Waals surface area contributed by atoms with Crippen molar-refractivity contribution in [1.82, 2.24) is 0 Å². The Morgan fingerprint density at radius 2 is 1.00 bits per heavy atom. The molecule has 0 N–H and O–H groups in total. The third-order valence-corrected chi connectivity index (χ3v) is 4.43. The fourth-order valence-electron chi connectivity index (χ4n) is 3.30. The van der Waals surface area contributed by atoms with Crippen LogP contribution in [0.1, 0.15) is 37.8 Å². The van der Waals surface area contributed by atoms with E-state index in [0.717, 1.165) is 9.52 Å². The minimum Gasteiger partial charge on any atom is -1.00 e. The zero-order chi connectivity index (χ0) is 19.5. The number of halogens is 2. The molecule has 0 aromatic heterocycles. The number of fused-ring (bicyclic) bond motifs is 2. The average molecular weight is 625 g/mol. The van der Waals surface area contributed by atoms with E-state index < -0.39 is 0 Å². The zero-order valence-corrected chi connectivity index (χ0v) is 25.4. The molecule has 0 saturated carbocycles. The zero-order valence-electron chi connectivity index (χ0n) is 18.6. The fourth-order valence-corrected chi connectivity index (χ4v) is 3.30. The molecule has 0 heterocycles. The van der Waals surface area contributed by atoms with Gasteiger partial charge in [-0.3, -0.25) is 0 Å². The van der Waals surface area contributed by atoms with Crippen molar-refractivity contribution in [1.29, 1.82) is 0 Å². The second-order valence-corrected chi connectivity index (χ2v) is 8.22. The van der Waals surface area contributed by atoms with E-state index in [9.17, 15) is 0 Å². The van der Waals surface area contributed by atoms with E-state index in [-0.39, 0.29) is 60.2 Å². The molecule has 1 radical (unpaired) electrons. The molecular weight excluding hydrogens is 591 g/mol. The van der Waals surface area contributed by atoms with E-state index in [0.29, 0.717) is 0 Å². The number of hydrogen-bond acceptors (Lipinski definition) is 0. The second kappa shape index (κ2) is 18.3. The fraction of sp³-hybridized carbons (Fsp3) is 0.308. The minimum absolute atomic E-state index is 0. The Kier molecular flexibility index (Phi) is 19.5. The van der Waals surface area contributed by atoms with Crippen LogP contribution >= 0.6 is 0 Å². The molecule has 159 valence electrons. The standard InChI is InChI=1S/2C12H13.C2H7Si.2BrH.Zr/c2*1-2-5-10-8-11-6-3-4-7-12(11)9-10;1-3-2;;;/h2*3-4,6-9H,2,5H2,1H3;3H,1-2H3;2*1H;/q2*-1;;;;+4/p-2. The van der Waals surface area contributed by atoms with Gasteiger partial charge in [-0.25, -0.2) is 0 Å². The van der Waals surface area contributed by atoms with Gasteiger partial charge in [0.1, 0.15) is 0 Å². The van der Waals surface area contributed by atoms with Crippen LogP contribution in [0, 0.1) is 0 Å². The summed E-state index contributed by atoms with van der Waals surface area (Å²) < 4.78 is 0. The first-order chi connectivity index (χ1) is 13.2. The third kappa shape index (κ3) is 10.4. The largest absolute Gasteiger partial charge is 4.00 e. The Balaban J connectivity index is 0. The molecule has 4 rings (SSSR count). The molecule has 0 nitrogen and oxygen atoms in total. The summed E-state index contributed by atoms with van der Waals surface area (Å²) in [5.74, 6) is 0. The molecule has 4 aromatic rings. The van der Waals surface area contributed by atoms with Gasteiger partial charge < -0.3 is 34.0 Å². The molecule has 30 heavy (non-hydrogen) atoms. The van der Waals surface area contributed by atoms with Crippen LogP contribution in [0.15, 0.2) is 72.8 Å². The van der Waals surface area contributed by atoms with Crippen molar-refractivity contribution in [2.24, 2.45) is 0 Å². The van der Waals surface area contributed by atoms with Crippen molar-refractivity contribution in [2.45, 2.75) is 52.6 Å². The maximum absolute atomic E-state index is 2.29. The van der Waals surface area contributed by atoms with Crippen LogP contribution < -0.4 is 34.0 Å². The van der Waals surface area contributed by atoms with Crippen molar-refractivity contribution in [2.75, 3.05) is 0 Å². The summed E-state index contributed by atoms with van der Waals surface area (Å²) >= 11 is 0. The van der Waals surface area contributed by atoms with Gasteiger partial charge in [0.25, 0.3) is 0 Å². The summed E-state index contributed by atoms with van der Waals surface area (Å²) in [6.07, 6.45) is 4.87. The van der Waals surface area contributed by atoms with E-state index in [1.807, 2.05) is 0 Å². The molecule has 0 amide bonds. The van der Waals surface area contributed by atoms with Crippen molar-refractivity contribution < 1.29 is 60.2 Å². The molecule has 0 atom stereocenters. The molecule has 0 aliphatic carbocycles. The van der Waals surface area contributed by atoms with Crippen LogP contribution in [-0.4, -0.2) is 9.52 Å². The van der Waals surface area contributed by atoms with E-state index >= 15 is 0 Å². The SMILES string of the molecule is CCCc1cc2ccccc2[cH-]1.CCCc1cc2ccccc2[cH-]1.C[SiH]C.[Br-].[Br-].[Zr+4]. The van der Waals surface area contributed by atoms with Crippen molar-refractivity contribution in [3.8, 4) is 0 Å². The van der Waals surface area contributed by atoms with Gasteiger partial charge in [0.05, 0.1) is 0 Å². The molecule has 0 aliphatic rings. The van der Waals surface area contributed by atoms with E-state index in [1.165, 1.54) is 58.4 Å². The molecule has 0 bridgehead atoms. The van der Waals surface area contributed by atoms with Gasteiger partial charge >= 0.3 is 26.2 Å². The van der Waals surface area contributed by atoms with Gasteiger partial charge in [-0.05, 0) is 12.8 Å². The van der Waals surface area contributed by atoms with E-state index in [1.54, 1.807) is 0 Å². The van der Waals surface area contributed by atoms with Gasteiger partial charge in [0.15, 0.2) is 0 Å². The first kappa shape index (κ1) is 31.9. The number of rotatable bonds is 4. The molecule has 0 aliphatic heterocycles. The molecular formula is C26H33Br2SiZr. The predicted octanol–water partition coefficient (Wildman–Crippen LogP) is 1.55. The van der Waals surface area contributed by atoms with Crippen LogP contribution in [0.3, 0.4) is 0 Å². The topological polar surface area (TPSA) is 0 Å². The van der Waals surface area contributed by atoms with Crippen LogP contribution in [0.4, 0.5) is 0 Å². The summed E-state index contributed by atoms with van der Waals surface area (Å²) in [5, 5.41) is 5.50. The summed E-state index contributed by atoms with van der Waals surface area (Å²) in [6, 6.07) is 26.2. The smallest absolute Gasteiger partial charge is 1.00 e. The van der Waals surface area contributed by atoms with Crippen molar-refractivity contribution in [3.05, 3.63) is 83.9 Å². The monoisotopic (exact) mass is 621 g/mol. The van der Waals surface area contributed by atoms with Gasteiger partial charge in [-0.1, -0.05) is 51.9 Å². The predicted molar refractivity (Wildman–Crippen MR) is 126 cm³/mol. The van der Waals surface area contributed by atoms with Gasteiger partial charge in [-0.2, -0.15) is 12.1 Å². The number of benzene rings is 2. The molecule has 4 heteroatoms. The third-order valence-electron chi connectivity index (χ3n) is 4.43. The number of hydrogen-bond donors (Lipinski definition) is 0. The van der Waals surface area contributed by atoms with Gasteiger partial charge in [0.2, 0.25) is 0 Å². The van der Waals surface area contributed by atoms with Gasteiger partial charge in [0, 0.05) is 9.52 Å². The van der Waals surface area contributed by atoms with Crippen LogP contribution in [0.25, 0.3) is 21.5 Å². The normalized spacial score (nSPS) is 9.20. The van der Waals surface area contributed by atoms with Crippen LogP contribution in [0.5, 0.6) is 0 Å². The Morgan fingerprint density at radius 1 is 0.667 bits per heavy atom. The Morgan fingerprint density at radius 3 is 1.30 bits per heavy atom. The van der Waals surface area contributed by atoms with E-state index in [4.69, 9.17) is 0 Å².